The standard InChI is InChI=1S/C13H11ClFNOS/c1-17-11-4-2-3-5-12(11)18-13-7-9(15)8(14)6-10(13)16/h2-7H,16H2,1H3. The van der Waals surface area contributed by atoms with Crippen LogP contribution in [-0.2, 0) is 0 Å². The number of para-hydroxylation sites is 1. The van der Waals surface area contributed by atoms with Gasteiger partial charge in [0.15, 0.2) is 0 Å². The maximum atomic E-state index is 13.4. The number of benzene rings is 2. The van der Waals surface area contributed by atoms with Crippen LogP contribution in [0.15, 0.2) is 46.2 Å². The Kier molecular flexibility index (Phi) is 3.99. The fraction of sp³-hybridized carbons (Fsp3) is 0.0769. The molecular weight excluding hydrogens is 273 g/mol. The SMILES string of the molecule is COc1ccccc1Sc1cc(F)c(Cl)cc1N. The van der Waals surface area contributed by atoms with E-state index in [2.05, 4.69) is 0 Å². The average molecular weight is 284 g/mol. The highest BCUT2D eigenvalue weighted by molar-refractivity contribution is 7.99. The predicted molar refractivity (Wildman–Crippen MR) is 72.9 cm³/mol. The molecule has 2 N–H and O–H groups in total. The molecule has 18 heavy (non-hydrogen) atoms. The number of hydrogen-bond acceptors (Lipinski definition) is 3. The summed E-state index contributed by atoms with van der Waals surface area (Å²) in [5, 5.41) is 0.0249. The number of methoxy groups -OCH3 is 1. The zero-order valence-corrected chi connectivity index (χ0v) is 11.2. The van der Waals surface area contributed by atoms with Crippen LogP contribution in [0.1, 0.15) is 0 Å². The van der Waals surface area contributed by atoms with Crippen LogP contribution < -0.4 is 10.5 Å². The van der Waals surface area contributed by atoms with Gasteiger partial charge in [-0.15, -0.1) is 0 Å². The van der Waals surface area contributed by atoms with Crippen LogP contribution in [0.3, 0.4) is 0 Å². The minimum absolute atomic E-state index is 0.0249. The van der Waals surface area contributed by atoms with Gasteiger partial charge < -0.3 is 10.5 Å². The van der Waals surface area contributed by atoms with E-state index in [0.29, 0.717) is 10.6 Å². The summed E-state index contributed by atoms with van der Waals surface area (Å²) in [6.45, 7) is 0. The monoisotopic (exact) mass is 283 g/mol. The number of nitrogens with two attached hydrogens (primary N) is 1. The molecule has 0 aromatic heterocycles. The second-order valence-corrected chi connectivity index (χ2v) is 5.05. The number of anilines is 1. The van der Waals surface area contributed by atoms with E-state index >= 15 is 0 Å². The van der Waals surface area contributed by atoms with E-state index in [-0.39, 0.29) is 5.02 Å². The lowest BCUT2D eigenvalue weighted by atomic mass is 10.3. The molecule has 2 aromatic carbocycles. The van der Waals surface area contributed by atoms with Crippen LogP contribution >= 0.6 is 23.4 Å². The predicted octanol–water partition coefficient (Wildman–Crippen LogP) is 4.22. The molecular formula is C13H11ClFNOS. The van der Waals surface area contributed by atoms with E-state index in [1.165, 1.54) is 23.9 Å². The van der Waals surface area contributed by atoms with Crippen molar-refractivity contribution < 1.29 is 9.13 Å². The van der Waals surface area contributed by atoms with E-state index in [1.807, 2.05) is 24.3 Å². The topological polar surface area (TPSA) is 35.2 Å². The molecule has 0 amide bonds. The first-order valence-corrected chi connectivity index (χ1v) is 6.36. The zero-order valence-electron chi connectivity index (χ0n) is 9.61. The van der Waals surface area contributed by atoms with Crippen molar-refractivity contribution in [1.82, 2.24) is 0 Å². The molecule has 2 aromatic rings. The Hall–Kier alpha value is -1.39. The Morgan fingerprint density at radius 3 is 2.67 bits per heavy atom. The lowest BCUT2D eigenvalue weighted by Crippen LogP contribution is -1.92. The van der Waals surface area contributed by atoms with Gasteiger partial charge in [-0.3, -0.25) is 0 Å². The molecule has 0 aliphatic heterocycles. The fourth-order valence-corrected chi connectivity index (χ4v) is 2.60. The summed E-state index contributed by atoms with van der Waals surface area (Å²) in [5.74, 6) is 0.237. The Labute approximate surface area is 114 Å². The van der Waals surface area contributed by atoms with Gasteiger partial charge in [0.05, 0.1) is 17.0 Å². The lowest BCUT2D eigenvalue weighted by molar-refractivity contribution is 0.405. The molecule has 0 spiro atoms. The van der Waals surface area contributed by atoms with Crippen molar-refractivity contribution in [1.29, 1.82) is 0 Å². The van der Waals surface area contributed by atoms with Gasteiger partial charge in [0.1, 0.15) is 11.6 Å². The summed E-state index contributed by atoms with van der Waals surface area (Å²) in [7, 11) is 1.59. The fourth-order valence-electron chi connectivity index (χ4n) is 1.45. The van der Waals surface area contributed by atoms with Crippen LogP contribution in [-0.4, -0.2) is 7.11 Å². The minimum atomic E-state index is -0.483. The number of rotatable bonds is 3. The van der Waals surface area contributed by atoms with Crippen LogP contribution in [0.2, 0.25) is 5.02 Å². The third-order valence-electron chi connectivity index (χ3n) is 2.34. The highest BCUT2D eigenvalue weighted by Crippen LogP contribution is 2.38. The maximum Gasteiger partial charge on any atom is 0.143 e. The number of ether oxygens (including phenoxy) is 1. The van der Waals surface area contributed by atoms with Crippen molar-refractivity contribution in [2.45, 2.75) is 9.79 Å². The summed E-state index contributed by atoms with van der Waals surface area (Å²) in [5.41, 5.74) is 6.26. The van der Waals surface area contributed by atoms with E-state index in [0.717, 1.165) is 10.6 Å². The van der Waals surface area contributed by atoms with E-state index in [4.69, 9.17) is 22.1 Å². The van der Waals surface area contributed by atoms with E-state index in [1.54, 1.807) is 7.11 Å². The van der Waals surface area contributed by atoms with Gasteiger partial charge in [0.2, 0.25) is 0 Å². The van der Waals surface area contributed by atoms with Crippen LogP contribution in [0.5, 0.6) is 5.75 Å². The Morgan fingerprint density at radius 1 is 1.22 bits per heavy atom. The van der Waals surface area contributed by atoms with Crippen molar-refractivity contribution >= 4 is 29.1 Å². The van der Waals surface area contributed by atoms with Gasteiger partial charge in [-0.2, -0.15) is 0 Å². The van der Waals surface area contributed by atoms with Gasteiger partial charge in [-0.1, -0.05) is 35.5 Å². The molecule has 0 aliphatic carbocycles. The second kappa shape index (κ2) is 5.50. The molecule has 0 saturated heterocycles. The summed E-state index contributed by atoms with van der Waals surface area (Å²) >= 11 is 7.00. The summed E-state index contributed by atoms with van der Waals surface area (Å²) in [4.78, 5) is 1.48. The minimum Gasteiger partial charge on any atom is -0.496 e. The molecule has 0 unspecified atom stereocenters. The van der Waals surface area contributed by atoms with Crippen molar-refractivity contribution in [2.75, 3.05) is 12.8 Å². The van der Waals surface area contributed by atoms with Crippen molar-refractivity contribution in [3.63, 3.8) is 0 Å². The number of halogens is 2. The van der Waals surface area contributed by atoms with Gasteiger partial charge >= 0.3 is 0 Å². The largest absolute Gasteiger partial charge is 0.496 e. The molecule has 94 valence electrons. The van der Waals surface area contributed by atoms with Crippen molar-refractivity contribution in [3.05, 3.63) is 47.2 Å². The highest BCUT2D eigenvalue weighted by Gasteiger charge is 2.10. The van der Waals surface area contributed by atoms with Gasteiger partial charge in [0.25, 0.3) is 0 Å². The molecule has 0 fully saturated rings. The zero-order chi connectivity index (χ0) is 13.1. The normalized spacial score (nSPS) is 10.4. The Balaban J connectivity index is 2.37. The van der Waals surface area contributed by atoms with Gasteiger partial charge in [-0.05, 0) is 24.3 Å². The van der Waals surface area contributed by atoms with Crippen molar-refractivity contribution in [3.8, 4) is 5.75 Å². The molecule has 0 radical (unpaired) electrons. The number of hydrogen-bond donors (Lipinski definition) is 1. The van der Waals surface area contributed by atoms with E-state index < -0.39 is 5.82 Å². The lowest BCUT2D eigenvalue weighted by Gasteiger charge is -2.10. The van der Waals surface area contributed by atoms with Gasteiger partial charge in [-0.25, -0.2) is 4.39 Å². The Bertz CT molecular complexity index is 577. The smallest absolute Gasteiger partial charge is 0.143 e. The number of nitrogen functional groups attached to an aromatic ring is 1. The summed E-state index contributed by atoms with van der Waals surface area (Å²) in [6.07, 6.45) is 0. The maximum absolute atomic E-state index is 13.4. The van der Waals surface area contributed by atoms with Crippen molar-refractivity contribution in [2.24, 2.45) is 0 Å². The first kappa shape index (κ1) is 13.1. The van der Waals surface area contributed by atoms with Gasteiger partial charge in [0, 0.05) is 10.6 Å². The molecule has 0 saturated carbocycles. The van der Waals surface area contributed by atoms with Crippen LogP contribution in [0, 0.1) is 5.82 Å². The quantitative estimate of drug-likeness (QED) is 0.857. The second-order valence-electron chi connectivity index (χ2n) is 3.56. The third-order valence-corrected chi connectivity index (χ3v) is 3.76. The van der Waals surface area contributed by atoms with Crippen LogP contribution in [0.25, 0.3) is 0 Å². The molecule has 5 heteroatoms. The summed E-state index contributed by atoms with van der Waals surface area (Å²) in [6, 6.07) is 10.2. The molecule has 0 aliphatic rings. The molecule has 0 heterocycles. The van der Waals surface area contributed by atoms with Crippen LogP contribution in [0.4, 0.5) is 10.1 Å². The summed E-state index contributed by atoms with van der Waals surface area (Å²) < 4.78 is 18.6. The average Bonchev–Trinajstić information content (AvgIpc) is 2.36. The first-order valence-electron chi connectivity index (χ1n) is 5.17. The molecule has 2 nitrogen and oxygen atoms in total. The highest BCUT2D eigenvalue weighted by atomic mass is 35.5. The van der Waals surface area contributed by atoms with E-state index in [9.17, 15) is 4.39 Å². The first-order chi connectivity index (χ1) is 8.61. The molecule has 0 bridgehead atoms. The third kappa shape index (κ3) is 2.71. The molecule has 2 rings (SSSR count). The Morgan fingerprint density at radius 2 is 1.94 bits per heavy atom. The molecule has 0 atom stereocenters.